The average Bonchev–Trinajstić information content (AvgIpc) is 2.83. The van der Waals surface area contributed by atoms with Crippen molar-refractivity contribution in [2.75, 3.05) is 0 Å². The summed E-state index contributed by atoms with van der Waals surface area (Å²) in [6, 6.07) is 7.52. The van der Waals surface area contributed by atoms with Crippen molar-refractivity contribution < 1.29 is 17.9 Å². The Labute approximate surface area is 211 Å². The van der Waals surface area contributed by atoms with E-state index in [0.29, 0.717) is 35.6 Å². The molecule has 194 valence electrons. The number of hydrogen-bond donors (Lipinski definition) is 0. The van der Waals surface area contributed by atoms with Crippen LogP contribution >= 0.6 is 11.6 Å². The number of aryl methyl sites for hydroxylation is 1. The van der Waals surface area contributed by atoms with E-state index >= 15 is 0 Å². The number of piperidine rings is 1. The third-order valence-electron chi connectivity index (χ3n) is 6.97. The second kappa shape index (κ2) is 10.3. The summed E-state index contributed by atoms with van der Waals surface area (Å²) in [5, 5.41) is 0.377. The molecule has 0 spiro atoms. The van der Waals surface area contributed by atoms with Crippen molar-refractivity contribution in [3.05, 3.63) is 67.8 Å². The van der Waals surface area contributed by atoms with Gasteiger partial charge in [-0.15, -0.1) is 13.2 Å². The third kappa shape index (κ3) is 5.29. The molecule has 1 saturated heterocycles. The van der Waals surface area contributed by atoms with Gasteiger partial charge in [-0.05, 0) is 49.4 Å². The molecule has 1 fully saturated rings. The first kappa shape index (κ1) is 26.2. The summed E-state index contributed by atoms with van der Waals surface area (Å²) in [7, 11) is 1.53. The topological polar surface area (TPSA) is 69.4 Å². The van der Waals surface area contributed by atoms with Gasteiger partial charge in [0.05, 0.1) is 10.5 Å². The Kier molecular flexibility index (Phi) is 7.47. The fourth-order valence-electron chi connectivity index (χ4n) is 5.22. The maximum Gasteiger partial charge on any atom is 0.573 e. The monoisotopic (exact) mass is 524 g/mol. The van der Waals surface area contributed by atoms with Crippen LogP contribution in [0, 0.1) is 0 Å². The van der Waals surface area contributed by atoms with Gasteiger partial charge in [0.15, 0.2) is 5.65 Å². The van der Waals surface area contributed by atoms with Crippen molar-refractivity contribution in [1.82, 2.24) is 19.0 Å². The molecule has 0 bridgehead atoms. The van der Waals surface area contributed by atoms with Gasteiger partial charge >= 0.3 is 17.5 Å². The Hall–Kier alpha value is -2.85. The highest BCUT2D eigenvalue weighted by molar-refractivity contribution is 6.31. The minimum atomic E-state index is -4.73. The standard InChI is InChI=1S/C25H28ClF3N4O3/c1-4-17-11-19(33-22-21(10-16(26)13-30-22)31(3)23(34)24(33)35)12-18(5-2)32(17)14-15-6-8-20(9-7-15)36-25(27,28)29/h6-10,13,17-19H,4-5,11-12,14H2,1-3H3/t17-,18+,19?. The molecule has 1 aliphatic rings. The van der Waals surface area contributed by atoms with Crippen LogP contribution in [0.4, 0.5) is 13.2 Å². The van der Waals surface area contributed by atoms with E-state index in [2.05, 4.69) is 28.5 Å². The van der Waals surface area contributed by atoms with Crippen molar-refractivity contribution in [1.29, 1.82) is 0 Å². The van der Waals surface area contributed by atoms with Gasteiger partial charge in [0.2, 0.25) is 0 Å². The molecule has 0 radical (unpaired) electrons. The number of pyridine rings is 1. The zero-order valence-electron chi connectivity index (χ0n) is 20.3. The molecule has 1 unspecified atom stereocenters. The van der Waals surface area contributed by atoms with Crippen molar-refractivity contribution >= 4 is 22.8 Å². The van der Waals surface area contributed by atoms with Crippen LogP contribution in [0.3, 0.4) is 0 Å². The van der Waals surface area contributed by atoms with E-state index in [1.165, 1.54) is 34.5 Å². The van der Waals surface area contributed by atoms with E-state index in [1.807, 2.05) is 0 Å². The maximum atomic E-state index is 13.1. The fraction of sp³-hybridized carbons (Fsp3) is 0.480. The van der Waals surface area contributed by atoms with E-state index in [4.69, 9.17) is 11.6 Å². The SMILES string of the molecule is CC[C@@H]1CC(n2c(=O)c(=O)n(C)c3cc(Cl)cnc32)C[C@H](CC)N1Cc1ccc(OC(F)(F)F)cc1. The Bertz CT molecular complexity index is 1340. The predicted octanol–water partition coefficient (Wildman–Crippen LogP) is 5.04. The van der Waals surface area contributed by atoms with Gasteiger partial charge in [-0.25, -0.2) is 4.98 Å². The molecule has 7 nitrogen and oxygen atoms in total. The lowest BCUT2D eigenvalue weighted by Crippen LogP contribution is -2.51. The number of benzene rings is 1. The molecule has 0 aliphatic carbocycles. The van der Waals surface area contributed by atoms with E-state index < -0.39 is 17.5 Å². The van der Waals surface area contributed by atoms with E-state index in [9.17, 15) is 22.8 Å². The molecule has 3 aromatic rings. The van der Waals surface area contributed by atoms with E-state index in [0.717, 1.165) is 18.4 Å². The predicted molar refractivity (Wildman–Crippen MR) is 131 cm³/mol. The Morgan fingerprint density at radius 1 is 1.06 bits per heavy atom. The van der Waals surface area contributed by atoms with Crippen LogP contribution in [0.2, 0.25) is 5.02 Å². The number of alkyl halides is 3. The van der Waals surface area contributed by atoms with Crippen LogP contribution in [0.5, 0.6) is 5.75 Å². The number of halogens is 4. The summed E-state index contributed by atoms with van der Waals surface area (Å²) in [6.07, 6.45) is -0.382. The van der Waals surface area contributed by atoms with Crippen LogP contribution in [-0.4, -0.2) is 37.5 Å². The number of hydrogen-bond acceptors (Lipinski definition) is 5. The molecule has 0 saturated carbocycles. The van der Waals surface area contributed by atoms with Crippen molar-refractivity contribution in [3.63, 3.8) is 0 Å². The molecule has 11 heteroatoms. The van der Waals surface area contributed by atoms with Gasteiger partial charge in [-0.2, -0.15) is 0 Å². The first-order chi connectivity index (χ1) is 17.0. The summed E-state index contributed by atoms with van der Waals surface area (Å²) < 4.78 is 44.3. The molecule has 2 aromatic heterocycles. The molecule has 1 aromatic carbocycles. The Balaban J connectivity index is 1.64. The molecule has 36 heavy (non-hydrogen) atoms. The van der Waals surface area contributed by atoms with Crippen LogP contribution in [0.25, 0.3) is 11.2 Å². The number of fused-ring (bicyclic) bond motifs is 1. The minimum Gasteiger partial charge on any atom is -0.406 e. The van der Waals surface area contributed by atoms with Crippen LogP contribution in [0.1, 0.15) is 51.1 Å². The molecule has 3 heterocycles. The number of likely N-dealkylation sites (tertiary alicyclic amines) is 1. The lowest BCUT2D eigenvalue weighted by Gasteiger charge is -2.45. The highest BCUT2D eigenvalue weighted by Gasteiger charge is 2.36. The normalized spacial score (nSPS) is 21.1. The molecule has 0 amide bonds. The van der Waals surface area contributed by atoms with Gasteiger partial charge < -0.3 is 9.30 Å². The van der Waals surface area contributed by atoms with Gasteiger partial charge in [0.1, 0.15) is 5.75 Å². The third-order valence-corrected chi connectivity index (χ3v) is 7.17. The number of nitrogens with zero attached hydrogens (tertiary/aromatic N) is 4. The van der Waals surface area contributed by atoms with Gasteiger partial charge in [-0.3, -0.25) is 19.1 Å². The molecular weight excluding hydrogens is 497 g/mol. The quantitative estimate of drug-likeness (QED) is 0.422. The largest absolute Gasteiger partial charge is 0.573 e. The van der Waals surface area contributed by atoms with Crippen LogP contribution in [-0.2, 0) is 13.6 Å². The van der Waals surface area contributed by atoms with Crippen molar-refractivity contribution in [3.8, 4) is 5.75 Å². The van der Waals surface area contributed by atoms with E-state index in [1.54, 1.807) is 18.2 Å². The summed E-state index contributed by atoms with van der Waals surface area (Å²) >= 11 is 6.11. The average molecular weight is 525 g/mol. The summed E-state index contributed by atoms with van der Waals surface area (Å²) in [4.78, 5) is 32.6. The molecule has 1 aliphatic heterocycles. The lowest BCUT2D eigenvalue weighted by molar-refractivity contribution is -0.274. The number of aromatic nitrogens is 3. The first-order valence-electron chi connectivity index (χ1n) is 11.9. The van der Waals surface area contributed by atoms with Gasteiger partial charge in [-0.1, -0.05) is 37.6 Å². The molecular formula is C25H28ClF3N4O3. The smallest absolute Gasteiger partial charge is 0.406 e. The summed E-state index contributed by atoms with van der Waals surface area (Å²) in [6.45, 7) is 4.68. The highest BCUT2D eigenvalue weighted by Crippen LogP contribution is 2.36. The molecule has 0 N–H and O–H groups in total. The second-order valence-corrected chi connectivity index (χ2v) is 9.59. The van der Waals surface area contributed by atoms with E-state index in [-0.39, 0.29) is 23.9 Å². The lowest BCUT2D eigenvalue weighted by atomic mass is 9.87. The Morgan fingerprint density at radius 3 is 2.22 bits per heavy atom. The maximum absolute atomic E-state index is 13.1. The zero-order valence-corrected chi connectivity index (χ0v) is 21.0. The molecule has 3 atom stereocenters. The van der Waals surface area contributed by atoms with Crippen LogP contribution < -0.4 is 15.9 Å². The summed E-state index contributed by atoms with van der Waals surface area (Å²) in [5.74, 6) is -0.256. The number of ether oxygens (including phenoxy) is 1. The fourth-order valence-corrected chi connectivity index (χ4v) is 5.37. The van der Waals surface area contributed by atoms with Crippen LogP contribution in [0.15, 0.2) is 46.1 Å². The second-order valence-electron chi connectivity index (χ2n) is 9.15. The highest BCUT2D eigenvalue weighted by atomic mass is 35.5. The summed E-state index contributed by atoms with van der Waals surface area (Å²) in [5.41, 5.74) is 0.554. The zero-order chi connectivity index (χ0) is 26.2. The number of rotatable bonds is 6. The Morgan fingerprint density at radius 2 is 1.67 bits per heavy atom. The van der Waals surface area contributed by atoms with Gasteiger partial charge in [0.25, 0.3) is 0 Å². The molecule has 4 rings (SSSR count). The minimum absolute atomic E-state index is 0.0955. The first-order valence-corrected chi connectivity index (χ1v) is 12.3. The van der Waals surface area contributed by atoms with Gasteiger partial charge in [0, 0.05) is 37.9 Å². The van der Waals surface area contributed by atoms with Crippen molar-refractivity contribution in [2.24, 2.45) is 7.05 Å². The van der Waals surface area contributed by atoms with Crippen molar-refractivity contribution in [2.45, 2.75) is 70.6 Å².